The zero-order valence-corrected chi connectivity index (χ0v) is 15.6. The van der Waals surface area contributed by atoms with E-state index in [1.54, 1.807) is 0 Å². The van der Waals surface area contributed by atoms with E-state index in [1.807, 2.05) is 24.3 Å². The Balaban J connectivity index is 1.37. The summed E-state index contributed by atoms with van der Waals surface area (Å²) < 4.78 is 5.45. The molecule has 2 heterocycles. The van der Waals surface area contributed by atoms with Gasteiger partial charge in [0.05, 0.1) is 30.5 Å². The van der Waals surface area contributed by atoms with Crippen LogP contribution in [-0.4, -0.2) is 50.2 Å². The smallest absolute Gasteiger partial charge is 0.228 e. The van der Waals surface area contributed by atoms with Crippen LogP contribution in [-0.2, 0) is 16.1 Å². The maximum atomic E-state index is 12.9. The lowest BCUT2D eigenvalue weighted by Crippen LogP contribution is -2.37. The van der Waals surface area contributed by atoms with Crippen LogP contribution >= 0.6 is 0 Å². The van der Waals surface area contributed by atoms with Gasteiger partial charge in [-0.05, 0) is 30.7 Å². The maximum Gasteiger partial charge on any atom is 0.228 e. The average Bonchev–Trinajstić information content (AvgIpc) is 3.18. The lowest BCUT2D eigenvalue weighted by Gasteiger charge is -2.30. The molecule has 2 aliphatic rings. The molecule has 142 valence electrons. The van der Waals surface area contributed by atoms with E-state index in [9.17, 15) is 4.79 Å². The van der Waals surface area contributed by atoms with E-state index >= 15 is 0 Å². The molecule has 0 radical (unpaired) electrons. The highest BCUT2D eigenvalue weighted by Gasteiger charge is 2.29. The van der Waals surface area contributed by atoms with Crippen LogP contribution in [0.3, 0.4) is 0 Å². The van der Waals surface area contributed by atoms with Gasteiger partial charge >= 0.3 is 0 Å². The number of benzene rings is 2. The highest BCUT2D eigenvalue weighted by Crippen LogP contribution is 2.28. The van der Waals surface area contributed by atoms with Crippen LogP contribution in [0.5, 0.6) is 0 Å². The Morgan fingerprint density at radius 2 is 1.74 bits per heavy atom. The molecule has 2 aromatic rings. The average molecular weight is 365 g/mol. The first-order valence-corrected chi connectivity index (χ1v) is 9.78. The van der Waals surface area contributed by atoms with Crippen molar-refractivity contribution in [3.63, 3.8) is 0 Å². The lowest BCUT2D eigenvalue weighted by atomic mass is 10.1. The fourth-order valence-corrected chi connectivity index (χ4v) is 3.93. The Bertz CT molecular complexity index is 759. The number of morpholine rings is 1. The molecule has 2 aromatic carbocycles. The van der Waals surface area contributed by atoms with Gasteiger partial charge in [-0.2, -0.15) is 0 Å². The minimum Gasteiger partial charge on any atom is -0.378 e. The van der Waals surface area contributed by atoms with Gasteiger partial charge in [0.1, 0.15) is 0 Å². The van der Waals surface area contributed by atoms with Crippen LogP contribution < -0.4 is 10.2 Å². The van der Waals surface area contributed by atoms with Crippen LogP contribution in [0.15, 0.2) is 54.6 Å². The Labute approximate surface area is 160 Å². The van der Waals surface area contributed by atoms with Crippen molar-refractivity contribution in [2.75, 3.05) is 49.6 Å². The minimum absolute atomic E-state index is 0.0476. The molecule has 27 heavy (non-hydrogen) atoms. The van der Waals surface area contributed by atoms with E-state index in [-0.39, 0.29) is 11.8 Å². The third kappa shape index (κ3) is 4.49. The van der Waals surface area contributed by atoms with Gasteiger partial charge in [0, 0.05) is 26.2 Å². The van der Waals surface area contributed by atoms with Crippen molar-refractivity contribution in [3.8, 4) is 0 Å². The van der Waals surface area contributed by atoms with Crippen molar-refractivity contribution < 1.29 is 9.53 Å². The molecule has 5 nitrogen and oxygen atoms in total. The van der Waals surface area contributed by atoms with Crippen LogP contribution in [0.25, 0.3) is 0 Å². The van der Waals surface area contributed by atoms with Crippen LogP contribution in [0.1, 0.15) is 12.0 Å². The van der Waals surface area contributed by atoms with E-state index < -0.39 is 0 Å². The highest BCUT2D eigenvalue weighted by molar-refractivity contribution is 5.96. The van der Waals surface area contributed by atoms with E-state index in [4.69, 9.17) is 4.74 Å². The van der Waals surface area contributed by atoms with Gasteiger partial charge in [-0.15, -0.1) is 0 Å². The van der Waals surface area contributed by atoms with Gasteiger partial charge in [0.25, 0.3) is 0 Å². The summed E-state index contributed by atoms with van der Waals surface area (Å²) in [5.74, 6) is 0.178. The molecule has 2 saturated heterocycles. The summed E-state index contributed by atoms with van der Waals surface area (Å²) in [5.41, 5.74) is 3.30. The van der Waals surface area contributed by atoms with Crippen molar-refractivity contribution in [3.05, 3.63) is 60.2 Å². The number of carbonyl (C=O) groups is 1. The Hall–Kier alpha value is -2.37. The second kappa shape index (κ2) is 8.55. The number of para-hydroxylation sites is 2. The third-order valence-corrected chi connectivity index (χ3v) is 5.41. The first-order valence-electron chi connectivity index (χ1n) is 9.78. The van der Waals surface area contributed by atoms with Gasteiger partial charge in [-0.25, -0.2) is 0 Å². The number of hydrogen-bond acceptors (Lipinski definition) is 4. The molecule has 0 aliphatic carbocycles. The first kappa shape index (κ1) is 18.0. The van der Waals surface area contributed by atoms with Gasteiger partial charge in [0.15, 0.2) is 0 Å². The number of anilines is 2. The van der Waals surface area contributed by atoms with Crippen LogP contribution in [0.4, 0.5) is 11.4 Å². The number of rotatable bonds is 5. The molecule has 1 N–H and O–H groups in total. The molecule has 0 saturated carbocycles. The number of hydrogen-bond donors (Lipinski definition) is 1. The van der Waals surface area contributed by atoms with Crippen molar-refractivity contribution in [1.82, 2.24) is 4.90 Å². The molecule has 2 fully saturated rings. The normalized spacial score (nSPS) is 20.6. The highest BCUT2D eigenvalue weighted by atomic mass is 16.5. The van der Waals surface area contributed by atoms with Gasteiger partial charge in [-0.1, -0.05) is 42.5 Å². The molecular formula is C22H27N3O2. The molecule has 1 atom stereocenters. The molecule has 0 spiro atoms. The zero-order chi connectivity index (χ0) is 18.5. The molecule has 5 heteroatoms. The number of carbonyl (C=O) groups excluding carboxylic acids is 1. The Kier molecular flexibility index (Phi) is 5.70. The van der Waals surface area contributed by atoms with Gasteiger partial charge < -0.3 is 15.0 Å². The minimum atomic E-state index is 0.0476. The van der Waals surface area contributed by atoms with E-state index in [0.717, 1.165) is 63.7 Å². The molecule has 0 bridgehead atoms. The maximum absolute atomic E-state index is 12.9. The molecule has 1 unspecified atom stereocenters. The Morgan fingerprint density at radius 1 is 1.00 bits per heavy atom. The number of nitrogens with zero attached hydrogens (tertiary/aromatic N) is 2. The van der Waals surface area contributed by atoms with Crippen molar-refractivity contribution in [2.24, 2.45) is 5.92 Å². The quantitative estimate of drug-likeness (QED) is 0.885. The Morgan fingerprint density at radius 3 is 2.56 bits per heavy atom. The first-order chi connectivity index (χ1) is 13.3. The largest absolute Gasteiger partial charge is 0.378 e. The van der Waals surface area contributed by atoms with Crippen LogP contribution in [0, 0.1) is 5.92 Å². The number of nitrogens with one attached hydrogen (secondary N) is 1. The predicted octanol–water partition coefficient (Wildman–Crippen LogP) is 2.98. The summed E-state index contributed by atoms with van der Waals surface area (Å²) in [4.78, 5) is 17.5. The van der Waals surface area contributed by atoms with E-state index in [0.29, 0.717) is 0 Å². The zero-order valence-electron chi connectivity index (χ0n) is 15.6. The topological polar surface area (TPSA) is 44.8 Å². The molecule has 2 aliphatic heterocycles. The second-order valence-corrected chi connectivity index (χ2v) is 7.31. The standard InChI is InChI=1S/C22H27N3O2/c26-22(19-10-11-24(17-19)16-18-6-2-1-3-7-18)23-20-8-4-5-9-21(20)25-12-14-27-15-13-25/h1-9,19H,10-17H2,(H,23,26). The van der Waals surface area contributed by atoms with E-state index in [2.05, 4.69) is 45.4 Å². The molecule has 4 rings (SSSR count). The summed E-state index contributed by atoms with van der Waals surface area (Å²) in [7, 11) is 0. The number of ether oxygens (including phenoxy) is 1. The summed E-state index contributed by atoms with van der Waals surface area (Å²) in [6, 6.07) is 18.5. The summed E-state index contributed by atoms with van der Waals surface area (Å²) in [6.45, 7) is 5.90. The fourth-order valence-electron chi connectivity index (χ4n) is 3.93. The predicted molar refractivity (Wildman–Crippen MR) is 108 cm³/mol. The molecular weight excluding hydrogens is 338 g/mol. The van der Waals surface area contributed by atoms with E-state index in [1.165, 1.54) is 5.56 Å². The summed E-state index contributed by atoms with van der Waals surface area (Å²) in [5, 5.41) is 3.19. The van der Waals surface area contributed by atoms with Crippen molar-refractivity contribution in [1.29, 1.82) is 0 Å². The van der Waals surface area contributed by atoms with Crippen molar-refractivity contribution >= 4 is 17.3 Å². The lowest BCUT2D eigenvalue weighted by molar-refractivity contribution is -0.119. The number of amides is 1. The monoisotopic (exact) mass is 365 g/mol. The SMILES string of the molecule is O=C(Nc1ccccc1N1CCOCC1)C1CCN(Cc2ccccc2)C1. The molecule has 1 amide bonds. The fraction of sp³-hybridized carbons (Fsp3) is 0.409. The van der Waals surface area contributed by atoms with Crippen LogP contribution in [0.2, 0.25) is 0 Å². The number of likely N-dealkylation sites (tertiary alicyclic amines) is 1. The molecule has 0 aromatic heterocycles. The van der Waals surface area contributed by atoms with Crippen molar-refractivity contribution in [2.45, 2.75) is 13.0 Å². The second-order valence-electron chi connectivity index (χ2n) is 7.31. The summed E-state index contributed by atoms with van der Waals surface area (Å²) in [6.07, 6.45) is 0.915. The van der Waals surface area contributed by atoms with Gasteiger partial charge in [-0.3, -0.25) is 9.69 Å². The third-order valence-electron chi connectivity index (χ3n) is 5.41. The summed E-state index contributed by atoms with van der Waals surface area (Å²) >= 11 is 0. The van der Waals surface area contributed by atoms with Gasteiger partial charge in [0.2, 0.25) is 5.91 Å².